The molecule has 160 valence electrons. The van der Waals surface area contributed by atoms with Gasteiger partial charge in [0.15, 0.2) is 27.4 Å². The molecule has 29 heavy (non-hydrogen) atoms. The first-order valence-electron chi connectivity index (χ1n) is 9.02. The zero-order chi connectivity index (χ0) is 20.6. The van der Waals surface area contributed by atoms with Gasteiger partial charge in [0, 0.05) is 12.8 Å². The second-order valence-corrected chi connectivity index (χ2v) is 8.37. The molecule has 0 aliphatic carbocycles. The van der Waals surface area contributed by atoms with Gasteiger partial charge in [0.05, 0.1) is 18.0 Å². The van der Waals surface area contributed by atoms with Gasteiger partial charge >= 0.3 is 0 Å². The minimum absolute atomic E-state index is 0. The topological polar surface area (TPSA) is 79.8 Å². The summed E-state index contributed by atoms with van der Waals surface area (Å²) < 4.78 is 42.3. The fourth-order valence-corrected chi connectivity index (χ4v) is 3.02. The third-order valence-electron chi connectivity index (χ3n) is 3.84. The average molecular weight is 535 g/mol. The van der Waals surface area contributed by atoms with Crippen LogP contribution in [-0.4, -0.2) is 39.8 Å². The van der Waals surface area contributed by atoms with E-state index in [4.69, 9.17) is 4.74 Å². The van der Waals surface area contributed by atoms with Crippen LogP contribution in [0.25, 0.3) is 0 Å². The molecule has 0 heterocycles. The van der Waals surface area contributed by atoms with Crippen molar-refractivity contribution in [2.75, 3.05) is 19.3 Å². The summed E-state index contributed by atoms with van der Waals surface area (Å²) in [5.74, 6) is 0.413. The van der Waals surface area contributed by atoms with Gasteiger partial charge in [-0.3, -0.25) is 0 Å². The van der Waals surface area contributed by atoms with E-state index in [1.54, 1.807) is 42.5 Å². The van der Waals surface area contributed by atoms with Crippen molar-refractivity contribution in [1.82, 2.24) is 10.6 Å². The van der Waals surface area contributed by atoms with Gasteiger partial charge in [-0.25, -0.2) is 17.8 Å². The van der Waals surface area contributed by atoms with Crippen LogP contribution in [0.4, 0.5) is 4.39 Å². The van der Waals surface area contributed by atoms with Crippen LogP contribution in [0.2, 0.25) is 0 Å². The second kappa shape index (κ2) is 12.0. The largest absolute Gasteiger partial charge is 0.486 e. The number of halogens is 2. The maximum Gasteiger partial charge on any atom is 0.191 e. The van der Waals surface area contributed by atoms with Gasteiger partial charge in [0.25, 0.3) is 0 Å². The van der Waals surface area contributed by atoms with Gasteiger partial charge in [-0.05, 0) is 43.7 Å². The first-order valence-corrected chi connectivity index (χ1v) is 10.9. The number of benzene rings is 2. The summed E-state index contributed by atoms with van der Waals surface area (Å²) in [6.07, 6.45) is 0.910. The van der Waals surface area contributed by atoms with E-state index in [0.29, 0.717) is 25.6 Å². The van der Waals surface area contributed by atoms with Crippen LogP contribution in [0.3, 0.4) is 0 Å². The number of nitrogens with one attached hydrogen (secondary N) is 2. The molecule has 0 saturated carbocycles. The molecule has 0 aromatic heterocycles. The third-order valence-corrected chi connectivity index (χ3v) is 4.97. The summed E-state index contributed by atoms with van der Waals surface area (Å²) in [5.41, 5.74) is 0.889. The molecule has 0 saturated heterocycles. The minimum atomic E-state index is -3.21. The van der Waals surface area contributed by atoms with Crippen LogP contribution in [0.5, 0.6) is 5.75 Å². The van der Waals surface area contributed by atoms with Gasteiger partial charge in [-0.15, -0.1) is 24.0 Å². The molecule has 0 amide bonds. The molecule has 9 heteroatoms. The van der Waals surface area contributed by atoms with Crippen molar-refractivity contribution < 1.29 is 17.5 Å². The lowest BCUT2D eigenvalue weighted by molar-refractivity contribution is 0.214. The summed E-state index contributed by atoms with van der Waals surface area (Å²) in [6.45, 7) is 5.31. The molecule has 0 spiro atoms. The Labute approximate surface area is 188 Å². The predicted octanol–water partition coefficient (Wildman–Crippen LogP) is 3.37. The molecule has 1 atom stereocenters. The Morgan fingerprint density at radius 3 is 2.38 bits per heavy atom. The molecule has 0 aliphatic heterocycles. The van der Waals surface area contributed by atoms with Crippen LogP contribution < -0.4 is 15.4 Å². The Hall–Kier alpha value is -1.88. The van der Waals surface area contributed by atoms with Gasteiger partial charge in [0.1, 0.15) is 6.10 Å². The maximum absolute atomic E-state index is 13.7. The zero-order valence-electron chi connectivity index (χ0n) is 16.7. The normalized spacial score (nSPS) is 12.6. The molecule has 0 aliphatic rings. The van der Waals surface area contributed by atoms with Crippen LogP contribution in [-0.2, 0) is 16.4 Å². The van der Waals surface area contributed by atoms with Gasteiger partial charge < -0.3 is 15.4 Å². The molecule has 2 N–H and O–H groups in total. The van der Waals surface area contributed by atoms with Crippen LogP contribution in [0.15, 0.2) is 58.4 Å². The van der Waals surface area contributed by atoms with Crippen molar-refractivity contribution in [3.05, 3.63) is 59.9 Å². The molecule has 1 unspecified atom stereocenters. The van der Waals surface area contributed by atoms with Crippen molar-refractivity contribution in [3.8, 4) is 5.75 Å². The monoisotopic (exact) mass is 535 g/mol. The number of ether oxygens (including phenoxy) is 1. The fraction of sp³-hybridized carbons (Fsp3) is 0.350. The minimum Gasteiger partial charge on any atom is -0.486 e. The molecular weight excluding hydrogens is 508 g/mol. The Balaban J connectivity index is 0.00000420. The van der Waals surface area contributed by atoms with E-state index in [-0.39, 0.29) is 40.7 Å². The summed E-state index contributed by atoms with van der Waals surface area (Å²) >= 11 is 0. The quantitative estimate of drug-likeness (QED) is 0.308. The number of hydrogen-bond acceptors (Lipinski definition) is 4. The lowest BCUT2D eigenvalue weighted by Gasteiger charge is -2.18. The molecule has 0 fully saturated rings. The summed E-state index contributed by atoms with van der Waals surface area (Å²) in [7, 11) is -3.21. The lowest BCUT2D eigenvalue weighted by atomic mass is 10.2. The summed E-state index contributed by atoms with van der Waals surface area (Å²) in [4.78, 5) is 4.77. The number of aliphatic imine (C=N–C) groups is 1. The number of hydrogen-bond donors (Lipinski definition) is 2. The molecule has 0 radical (unpaired) electrons. The molecule has 6 nitrogen and oxygen atoms in total. The Morgan fingerprint density at radius 1 is 1.14 bits per heavy atom. The van der Waals surface area contributed by atoms with E-state index >= 15 is 0 Å². The van der Waals surface area contributed by atoms with E-state index in [0.717, 1.165) is 5.56 Å². The van der Waals surface area contributed by atoms with Crippen LogP contribution >= 0.6 is 24.0 Å². The highest BCUT2D eigenvalue weighted by atomic mass is 127. The molecule has 2 aromatic rings. The number of rotatable bonds is 8. The standard InChI is InChI=1S/C20H26FN3O3S.HI/c1-4-22-20(23-13-15(2)27-19-8-6-5-7-18(19)21)24-14-16-9-11-17(12-10-16)28(3,25)26;/h5-12,15H,4,13-14H2,1-3H3,(H2,22,23,24);1H. The molecule has 0 bridgehead atoms. The number of nitrogens with zero attached hydrogens (tertiary/aromatic N) is 1. The lowest BCUT2D eigenvalue weighted by Crippen LogP contribution is -2.41. The Bertz CT molecular complexity index is 905. The van der Waals surface area contributed by atoms with Crippen LogP contribution in [0.1, 0.15) is 19.4 Å². The number of guanidine groups is 1. The summed E-state index contributed by atoms with van der Waals surface area (Å²) in [5, 5.41) is 6.29. The van der Waals surface area contributed by atoms with Crippen LogP contribution in [0, 0.1) is 5.82 Å². The molecule has 2 aromatic carbocycles. The van der Waals surface area contributed by atoms with E-state index in [2.05, 4.69) is 15.6 Å². The first-order chi connectivity index (χ1) is 13.3. The van der Waals surface area contributed by atoms with Crippen molar-refractivity contribution in [1.29, 1.82) is 0 Å². The highest BCUT2D eigenvalue weighted by Gasteiger charge is 2.09. The van der Waals surface area contributed by atoms with Gasteiger partial charge in [0.2, 0.25) is 0 Å². The number of sulfone groups is 1. The van der Waals surface area contributed by atoms with E-state index in [1.165, 1.54) is 12.3 Å². The fourth-order valence-electron chi connectivity index (χ4n) is 2.39. The smallest absolute Gasteiger partial charge is 0.191 e. The molecule has 2 rings (SSSR count). The van der Waals surface area contributed by atoms with E-state index < -0.39 is 15.7 Å². The van der Waals surface area contributed by atoms with Crippen molar-refractivity contribution in [2.24, 2.45) is 4.99 Å². The number of para-hydroxylation sites is 1. The first kappa shape index (κ1) is 25.2. The van der Waals surface area contributed by atoms with Gasteiger partial charge in [-0.2, -0.15) is 0 Å². The summed E-state index contributed by atoms with van der Waals surface area (Å²) in [6, 6.07) is 12.9. The zero-order valence-corrected chi connectivity index (χ0v) is 19.8. The van der Waals surface area contributed by atoms with Crippen molar-refractivity contribution in [3.63, 3.8) is 0 Å². The maximum atomic E-state index is 13.7. The second-order valence-electron chi connectivity index (χ2n) is 6.35. The predicted molar refractivity (Wildman–Crippen MR) is 124 cm³/mol. The molecular formula is C20H27FIN3O3S. The third kappa shape index (κ3) is 8.57. The Morgan fingerprint density at radius 2 is 1.79 bits per heavy atom. The SMILES string of the molecule is CCNC(=NCc1ccc(S(C)(=O)=O)cc1)NCC(C)Oc1ccccc1F.I. The van der Waals surface area contributed by atoms with E-state index in [1.807, 2.05) is 13.8 Å². The highest BCUT2D eigenvalue weighted by molar-refractivity contribution is 14.0. The highest BCUT2D eigenvalue weighted by Crippen LogP contribution is 2.16. The van der Waals surface area contributed by atoms with Crippen molar-refractivity contribution >= 4 is 39.8 Å². The van der Waals surface area contributed by atoms with Crippen molar-refractivity contribution in [2.45, 2.75) is 31.4 Å². The van der Waals surface area contributed by atoms with Gasteiger partial charge in [-0.1, -0.05) is 24.3 Å². The average Bonchev–Trinajstić information content (AvgIpc) is 2.65. The Kier molecular flexibility index (Phi) is 10.4. The van der Waals surface area contributed by atoms with E-state index in [9.17, 15) is 12.8 Å².